The normalized spacial score (nSPS) is 11.4. The predicted octanol–water partition coefficient (Wildman–Crippen LogP) is 0.903. The fraction of sp³-hybridized carbons (Fsp3) is 0.667. The first-order valence-electron chi connectivity index (χ1n) is 5.55. The third-order valence-electron chi connectivity index (χ3n) is 2.45. The molecule has 0 aromatic rings. The molecule has 17 heavy (non-hydrogen) atoms. The molecule has 5 heteroatoms. The Morgan fingerprint density at radius 3 is 2.29 bits per heavy atom. The van der Waals surface area contributed by atoms with Crippen LogP contribution in [0.4, 0.5) is 0 Å². The zero-order valence-electron chi connectivity index (χ0n) is 11.0. The van der Waals surface area contributed by atoms with Gasteiger partial charge in [-0.25, -0.2) is 9.59 Å². The summed E-state index contributed by atoms with van der Waals surface area (Å²) in [6, 6.07) is 0. The van der Waals surface area contributed by atoms with Crippen molar-refractivity contribution in [3.05, 3.63) is 12.2 Å². The highest BCUT2D eigenvalue weighted by Crippen LogP contribution is 2.08. The van der Waals surface area contributed by atoms with Gasteiger partial charge in [0.05, 0.1) is 14.1 Å². The SMILES string of the molecule is C=C(C(=O)OCC[N+](C)(C)CC(=O)O)C(C)C. The molecule has 0 amide bonds. The maximum absolute atomic E-state index is 11.4. The molecule has 0 spiro atoms. The van der Waals surface area contributed by atoms with E-state index in [0.717, 1.165) is 0 Å². The van der Waals surface area contributed by atoms with Gasteiger partial charge in [-0.05, 0) is 5.92 Å². The second kappa shape index (κ2) is 6.39. The van der Waals surface area contributed by atoms with E-state index in [4.69, 9.17) is 9.84 Å². The van der Waals surface area contributed by atoms with E-state index in [9.17, 15) is 9.59 Å². The van der Waals surface area contributed by atoms with E-state index in [2.05, 4.69) is 6.58 Å². The van der Waals surface area contributed by atoms with Crippen molar-refractivity contribution in [3.63, 3.8) is 0 Å². The van der Waals surface area contributed by atoms with E-state index in [1.54, 1.807) is 14.1 Å². The van der Waals surface area contributed by atoms with E-state index < -0.39 is 11.9 Å². The van der Waals surface area contributed by atoms with Crippen LogP contribution in [0.3, 0.4) is 0 Å². The first kappa shape index (κ1) is 15.6. The summed E-state index contributed by atoms with van der Waals surface area (Å²) in [6.07, 6.45) is 0. The molecule has 5 nitrogen and oxygen atoms in total. The highest BCUT2D eigenvalue weighted by molar-refractivity contribution is 5.88. The van der Waals surface area contributed by atoms with Gasteiger partial charge < -0.3 is 14.3 Å². The monoisotopic (exact) mass is 244 g/mol. The van der Waals surface area contributed by atoms with Crippen molar-refractivity contribution in [1.82, 2.24) is 0 Å². The number of ether oxygens (including phenoxy) is 1. The van der Waals surface area contributed by atoms with E-state index >= 15 is 0 Å². The summed E-state index contributed by atoms with van der Waals surface area (Å²) in [6.45, 7) is 8.05. The van der Waals surface area contributed by atoms with Crippen LogP contribution in [-0.4, -0.2) is 55.3 Å². The number of quaternary nitrogens is 1. The summed E-state index contributed by atoms with van der Waals surface area (Å²) in [7, 11) is 3.55. The zero-order chi connectivity index (χ0) is 13.6. The van der Waals surface area contributed by atoms with E-state index in [-0.39, 0.29) is 23.6 Å². The van der Waals surface area contributed by atoms with Crippen LogP contribution in [0, 0.1) is 5.92 Å². The van der Waals surface area contributed by atoms with Gasteiger partial charge in [0.1, 0.15) is 13.2 Å². The third kappa shape index (κ3) is 6.73. The molecule has 0 saturated heterocycles. The molecule has 0 bridgehead atoms. The average Bonchev–Trinajstić information content (AvgIpc) is 2.13. The van der Waals surface area contributed by atoms with E-state index in [1.165, 1.54) is 0 Å². The molecule has 0 aromatic carbocycles. The second-order valence-corrected chi connectivity index (χ2v) is 5.03. The van der Waals surface area contributed by atoms with Gasteiger partial charge in [-0.1, -0.05) is 20.4 Å². The Kier molecular flexibility index (Phi) is 5.88. The summed E-state index contributed by atoms with van der Waals surface area (Å²) >= 11 is 0. The van der Waals surface area contributed by atoms with Crippen LogP contribution in [0.2, 0.25) is 0 Å². The van der Waals surface area contributed by atoms with Crippen LogP contribution in [0.1, 0.15) is 13.8 Å². The summed E-state index contributed by atoms with van der Waals surface area (Å²) in [5.41, 5.74) is 0.438. The minimum Gasteiger partial charge on any atom is -0.477 e. The molecule has 0 aromatic heterocycles. The Labute approximate surface area is 102 Å². The lowest BCUT2D eigenvalue weighted by atomic mass is 10.1. The molecule has 98 valence electrons. The lowest BCUT2D eigenvalue weighted by Gasteiger charge is -2.27. The Morgan fingerprint density at radius 1 is 1.35 bits per heavy atom. The van der Waals surface area contributed by atoms with Crippen molar-refractivity contribution in [1.29, 1.82) is 0 Å². The molecule has 1 N–H and O–H groups in total. The van der Waals surface area contributed by atoms with Gasteiger partial charge in [0.2, 0.25) is 0 Å². The Bertz CT molecular complexity index is 308. The summed E-state index contributed by atoms with van der Waals surface area (Å²) in [5, 5.41) is 8.68. The molecular weight excluding hydrogens is 222 g/mol. The first-order chi connectivity index (χ1) is 7.65. The number of hydrogen-bond donors (Lipinski definition) is 1. The highest BCUT2D eigenvalue weighted by atomic mass is 16.5. The lowest BCUT2D eigenvalue weighted by Crippen LogP contribution is -2.46. The number of rotatable bonds is 7. The van der Waals surface area contributed by atoms with Gasteiger partial charge in [-0.15, -0.1) is 0 Å². The van der Waals surface area contributed by atoms with Crippen LogP contribution in [-0.2, 0) is 14.3 Å². The maximum atomic E-state index is 11.4. The van der Waals surface area contributed by atoms with E-state index in [0.29, 0.717) is 12.1 Å². The van der Waals surface area contributed by atoms with Crippen LogP contribution in [0.5, 0.6) is 0 Å². The molecular formula is C12H22NO4+. The van der Waals surface area contributed by atoms with Crippen molar-refractivity contribution in [2.24, 2.45) is 5.92 Å². The maximum Gasteiger partial charge on any atom is 0.359 e. The zero-order valence-corrected chi connectivity index (χ0v) is 11.0. The number of carboxylic acids is 1. The molecule has 0 aliphatic rings. The largest absolute Gasteiger partial charge is 0.477 e. The second-order valence-electron chi connectivity index (χ2n) is 5.03. The molecule has 0 aliphatic heterocycles. The van der Waals surface area contributed by atoms with Gasteiger partial charge in [0.25, 0.3) is 0 Å². The average molecular weight is 244 g/mol. The van der Waals surface area contributed by atoms with Crippen molar-refractivity contribution in [2.75, 3.05) is 33.8 Å². The van der Waals surface area contributed by atoms with Gasteiger partial charge in [-0.2, -0.15) is 0 Å². The minimum absolute atomic E-state index is 0.00266. The summed E-state index contributed by atoms with van der Waals surface area (Å²) < 4.78 is 5.31. The van der Waals surface area contributed by atoms with Gasteiger partial charge in [0.15, 0.2) is 6.54 Å². The van der Waals surface area contributed by atoms with Crippen molar-refractivity contribution in [2.45, 2.75) is 13.8 Å². The highest BCUT2D eigenvalue weighted by Gasteiger charge is 2.20. The number of hydrogen-bond acceptors (Lipinski definition) is 3. The Balaban J connectivity index is 4.03. The number of carbonyl (C=O) groups excluding carboxylic acids is 1. The van der Waals surface area contributed by atoms with Gasteiger partial charge >= 0.3 is 11.9 Å². The lowest BCUT2D eigenvalue weighted by molar-refractivity contribution is -0.883. The molecule has 0 rings (SSSR count). The fourth-order valence-electron chi connectivity index (χ4n) is 1.16. The summed E-state index contributed by atoms with van der Waals surface area (Å²) in [5.74, 6) is -1.22. The topological polar surface area (TPSA) is 63.6 Å². The number of aliphatic carboxylic acids is 1. The Morgan fingerprint density at radius 2 is 1.88 bits per heavy atom. The van der Waals surface area contributed by atoms with Crippen molar-refractivity contribution >= 4 is 11.9 Å². The number of likely N-dealkylation sites (N-methyl/N-ethyl adjacent to an activating group) is 1. The van der Waals surface area contributed by atoms with Crippen LogP contribution < -0.4 is 0 Å². The molecule has 0 unspecified atom stereocenters. The molecule has 0 heterocycles. The molecule has 0 aliphatic carbocycles. The van der Waals surface area contributed by atoms with Crippen molar-refractivity contribution in [3.8, 4) is 0 Å². The fourth-order valence-corrected chi connectivity index (χ4v) is 1.16. The standard InChI is InChI=1S/C12H21NO4/c1-9(2)10(3)12(16)17-7-6-13(4,5)8-11(14)15/h9H,3,6-8H2,1-2,4-5H3/p+1. The smallest absolute Gasteiger partial charge is 0.359 e. The molecule has 0 saturated carbocycles. The predicted molar refractivity (Wildman–Crippen MR) is 64.4 cm³/mol. The van der Waals surface area contributed by atoms with Crippen LogP contribution >= 0.6 is 0 Å². The van der Waals surface area contributed by atoms with Crippen LogP contribution in [0.15, 0.2) is 12.2 Å². The van der Waals surface area contributed by atoms with E-state index in [1.807, 2.05) is 13.8 Å². The minimum atomic E-state index is -0.868. The first-order valence-corrected chi connectivity index (χ1v) is 5.55. The molecule has 0 radical (unpaired) electrons. The Hall–Kier alpha value is -1.36. The van der Waals surface area contributed by atoms with Crippen molar-refractivity contribution < 1.29 is 23.9 Å². The summed E-state index contributed by atoms with van der Waals surface area (Å²) in [4.78, 5) is 22.0. The van der Waals surface area contributed by atoms with Gasteiger partial charge in [-0.3, -0.25) is 0 Å². The van der Waals surface area contributed by atoms with Crippen LogP contribution in [0.25, 0.3) is 0 Å². The molecule has 0 fully saturated rings. The number of esters is 1. The number of carbonyl (C=O) groups is 2. The van der Waals surface area contributed by atoms with Gasteiger partial charge in [0, 0.05) is 5.57 Å². The number of nitrogens with zero attached hydrogens (tertiary/aromatic N) is 1. The quantitative estimate of drug-likeness (QED) is 0.410. The molecule has 0 atom stereocenters. The number of carboxylic acid groups (broad SMARTS) is 1. The third-order valence-corrected chi connectivity index (χ3v) is 2.45.